The number of hydrogen-bond donors (Lipinski definition) is 0. The molecule has 0 amide bonds. The van der Waals surface area contributed by atoms with Gasteiger partial charge in [-0.2, -0.15) is 0 Å². The van der Waals surface area contributed by atoms with Crippen molar-refractivity contribution in [2.45, 2.75) is 26.8 Å². The van der Waals surface area contributed by atoms with E-state index in [0.29, 0.717) is 6.54 Å². The zero-order valence-corrected chi connectivity index (χ0v) is 16.4. The summed E-state index contributed by atoms with van der Waals surface area (Å²) >= 11 is 3.39. The number of ketones is 1. The summed E-state index contributed by atoms with van der Waals surface area (Å²) in [5.74, 6) is -0.160. The Hall–Kier alpha value is -2.46. The van der Waals surface area contributed by atoms with Gasteiger partial charge >= 0.3 is 0 Å². The maximum atomic E-state index is 12.8. The zero-order chi connectivity index (χ0) is 18.7. The first-order valence-corrected chi connectivity index (χ1v) is 9.37. The van der Waals surface area contributed by atoms with Gasteiger partial charge in [0.05, 0.1) is 5.56 Å². The molecular weight excluding hydrogens is 390 g/mol. The Labute approximate surface area is 161 Å². The highest BCUT2D eigenvalue weighted by Gasteiger charge is 2.16. The summed E-state index contributed by atoms with van der Waals surface area (Å²) in [5.41, 5.74) is 4.23. The number of Topliss-reactive ketones (excluding diaryl/α,β-unsaturated/α-hetero) is 1. The molecule has 2 aromatic carbocycles. The highest BCUT2D eigenvalue weighted by molar-refractivity contribution is 9.10. The molecule has 1 aromatic heterocycles. The van der Waals surface area contributed by atoms with E-state index in [-0.39, 0.29) is 23.3 Å². The van der Waals surface area contributed by atoms with Crippen LogP contribution in [0.1, 0.15) is 28.4 Å². The molecule has 0 bridgehead atoms. The Kier molecular flexibility index (Phi) is 5.52. The molecule has 1 heterocycles. The summed E-state index contributed by atoms with van der Waals surface area (Å²) in [4.78, 5) is 25.3. The van der Waals surface area contributed by atoms with Crippen molar-refractivity contribution in [1.82, 2.24) is 4.57 Å². The molecule has 0 aliphatic heterocycles. The highest BCUT2D eigenvalue weighted by Crippen LogP contribution is 2.26. The van der Waals surface area contributed by atoms with Gasteiger partial charge < -0.3 is 4.57 Å². The second-order valence-corrected chi connectivity index (χ2v) is 7.13. The van der Waals surface area contributed by atoms with E-state index >= 15 is 0 Å². The fourth-order valence-electron chi connectivity index (χ4n) is 3.11. The number of aryl methyl sites for hydroxylation is 1. The van der Waals surface area contributed by atoms with Crippen LogP contribution in [-0.2, 0) is 13.0 Å². The van der Waals surface area contributed by atoms with Crippen LogP contribution in [0.4, 0.5) is 0 Å². The van der Waals surface area contributed by atoms with Crippen LogP contribution in [0.2, 0.25) is 0 Å². The third kappa shape index (κ3) is 3.70. The van der Waals surface area contributed by atoms with Crippen LogP contribution in [0.15, 0.2) is 70.1 Å². The molecule has 132 valence electrons. The van der Waals surface area contributed by atoms with E-state index in [4.69, 9.17) is 0 Å². The zero-order valence-electron chi connectivity index (χ0n) is 14.8. The third-order valence-electron chi connectivity index (χ3n) is 4.58. The van der Waals surface area contributed by atoms with Gasteiger partial charge in [-0.25, -0.2) is 0 Å². The summed E-state index contributed by atoms with van der Waals surface area (Å²) in [6.45, 7) is 4.44. The molecule has 0 N–H and O–H groups in total. The maximum Gasteiger partial charge on any atom is 0.261 e. The van der Waals surface area contributed by atoms with Crippen molar-refractivity contribution in [3.05, 3.63) is 92.3 Å². The molecule has 3 nitrogen and oxygen atoms in total. The van der Waals surface area contributed by atoms with Crippen LogP contribution in [0.3, 0.4) is 0 Å². The van der Waals surface area contributed by atoms with Crippen molar-refractivity contribution >= 4 is 21.7 Å². The summed E-state index contributed by atoms with van der Waals surface area (Å²) in [6, 6.07) is 17.7. The number of carbonyl (C=O) groups excluding carboxylic acids is 1. The summed E-state index contributed by atoms with van der Waals surface area (Å²) < 4.78 is 2.28. The van der Waals surface area contributed by atoms with Gasteiger partial charge in [-0.1, -0.05) is 48.5 Å². The SMILES string of the molecule is CCn1cc(Br)cc(C(=O)Cc2cccc(-c3ccccc3)c2C)c1=O. The lowest BCUT2D eigenvalue weighted by Crippen LogP contribution is -2.26. The number of halogens is 1. The Balaban J connectivity index is 1.97. The second-order valence-electron chi connectivity index (χ2n) is 6.22. The van der Waals surface area contributed by atoms with Crippen molar-refractivity contribution in [3.8, 4) is 11.1 Å². The normalized spacial score (nSPS) is 10.7. The smallest absolute Gasteiger partial charge is 0.261 e. The van der Waals surface area contributed by atoms with Gasteiger partial charge in [0.2, 0.25) is 0 Å². The molecule has 0 aliphatic rings. The average molecular weight is 410 g/mol. The summed E-state index contributed by atoms with van der Waals surface area (Å²) in [6.07, 6.45) is 1.92. The van der Waals surface area contributed by atoms with E-state index in [1.54, 1.807) is 16.8 Å². The van der Waals surface area contributed by atoms with Crippen molar-refractivity contribution < 1.29 is 4.79 Å². The first-order chi connectivity index (χ1) is 12.5. The van der Waals surface area contributed by atoms with E-state index in [9.17, 15) is 9.59 Å². The number of rotatable bonds is 5. The molecule has 0 saturated heterocycles. The van der Waals surface area contributed by atoms with Crippen LogP contribution in [0.5, 0.6) is 0 Å². The largest absolute Gasteiger partial charge is 0.314 e. The Bertz CT molecular complexity index is 1010. The van der Waals surface area contributed by atoms with E-state index in [1.165, 1.54) is 0 Å². The van der Waals surface area contributed by atoms with Crippen LogP contribution >= 0.6 is 15.9 Å². The Morgan fingerprint density at radius 3 is 2.50 bits per heavy atom. The molecule has 0 atom stereocenters. The number of benzene rings is 2. The van der Waals surface area contributed by atoms with Gasteiger partial charge in [0, 0.05) is 23.6 Å². The summed E-state index contributed by atoms with van der Waals surface area (Å²) in [7, 11) is 0. The first-order valence-electron chi connectivity index (χ1n) is 8.58. The number of carbonyl (C=O) groups is 1. The van der Waals surface area contributed by atoms with Gasteiger partial charge in [0.1, 0.15) is 0 Å². The molecular formula is C22H20BrNO2. The predicted molar refractivity (Wildman–Crippen MR) is 109 cm³/mol. The molecule has 3 aromatic rings. The number of aromatic nitrogens is 1. The third-order valence-corrected chi connectivity index (χ3v) is 5.01. The van der Waals surface area contributed by atoms with Crippen LogP contribution in [0.25, 0.3) is 11.1 Å². The monoisotopic (exact) mass is 409 g/mol. The lowest BCUT2D eigenvalue weighted by Gasteiger charge is -2.12. The lowest BCUT2D eigenvalue weighted by molar-refractivity contribution is 0.0990. The number of pyridine rings is 1. The molecule has 0 spiro atoms. The molecule has 0 aliphatic carbocycles. The van der Waals surface area contributed by atoms with E-state index in [1.807, 2.05) is 44.2 Å². The van der Waals surface area contributed by atoms with Crippen molar-refractivity contribution in [2.75, 3.05) is 0 Å². The fraction of sp³-hybridized carbons (Fsp3) is 0.182. The Morgan fingerprint density at radius 1 is 1.08 bits per heavy atom. The minimum atomic E-state index is -0.238. The molecule has 26 heavy (non-hydrogen) atoms. The van der Waals surface area contributed by atoms with Gasteiger partial charge in [-0.05, 0) is 58.1 Å². The lowest BCUT2D eigenvalue weighted by atomic mass is 9.93. The van der Waals surface area contributed by atoms with Crippen LogP contribution in [0, 0.1) is 6.92 Å². The van der Waals surface area contributed by atoms with E-state index < -0.39 is 0 Å². The number of hydrogen-bond acceptors (Lipinski definition) is 2. The average Bonchev–Trinajstić information content (AvgIpc) is 2.65. The first kappa shape index (κ1) is 18.3. The molecule has 0 fully saturated rings. The van der Waals surface area contributed by atoms with Gasteiger partial charge in [0.25, 0.3) is 5.56 Å². The van der Waals surface area contributed by atoms with Crippen molar-refractivity contribution in [1.29, 1.82) is 0 Å². The van der Waals surface area contributed by atoms with Gasteiger partial charge in [-0.15, -0.1) is 0 Å². The topological polar surface area (TPSA) is 39.1 Å². The minimum absolute atomic E-state index is 0.160. The van der Waals surface area contributed by atoms with Gasteiger partial charge in [0.15, 0.2) is 5.78 Å². The fourth-order valence-corrected chi connectivity index (χ4v) is 3.58. The number of nitrogens with zero attached hydrogens (tertiary/aromatic N) is 1. The molecule has 0 unspecified atom stereocenters. The van der Waals surface area contributed by atoms with E-state index in [2.05, 4.69) is 34.1 Å². The van der Waals surface area contributed by atoms with Crippen LogP contribution < -0.4 is 5.56 Å². The minimum Gasteiger partial charge on any atom is -0.314 e. The molecule has 0 radical (unpaired) electrons. The molecule has 3 rings (SSSR count). The van der Waals surface area contributed by atoms with Crippen molar-refractivity contribution in [2.24, 2.45) is 0 Å². The van der Waals surface area contributed by atoms with Gasteiger partial charge in [-0.3, -0.25) is 9.59 Å². The predicted octanol–water partition coefficient (Wildman–Crippen LogP) is 5.03. The van der Waals surface area contributed by atoms with Crippen LogP contribution in [-0.4, -0.2) is 10.4 Å². The Morgan fingerprint density at radius 2 is 1.81 bits per heavy atom. The quantitative estimate of drug-likeness (QED) is 0.554. The standard InChI is InChI=1S/C22H20BrNO2/c1-3-24-14-18(23)13-20(22(24)26)21(25)12-17-10-7-11-19(15(17)2)16-8-5-4-6-9-16/h4-11,13-14H,3,12H2,1-2H3. The van der Waals surface area contributed by atoms with Crippen molar-refractivity contribution in [3.63, 3.8) is 0 Å². The highest BCUT2D eigenvalue weighted by atomic mass is 79.9. The maximum absolute atomic E-state index is 12.8. The second kappa shape index (κ2) is 7.83. The van der Waals surface area contributed by atoms with E-state index in [0.717, 1.165) is 26.7 Å². The summed E-state index contributed by atoms with van der Waals surface area (Å²) in [5, 5.41) is 0. The molecule has 0 saturated carbocycles. The molecule has 4 heteroatoms.